The first-order valence-electron chi connectivity index (χ1n) is 13.6. The van der Waals surface area contributed by atoms with Crippen LogP contribution in [-0.2, 0) is 0 Å². The molecule has 2 aliphatic rings. The SMILES string of the molecule is COc1ccc(SN2CCC(c3cc(NC(=O)c4cnn5c4NCC=C5)n(-c4ccc(C)cc4)n3)CC2)cc1OC. The number of benzene rings is 2. The molecular formula is C30H33N7O3S. The van der Waals surface area contributed by atoms with Gasteiger partial charge in [-0.1, -0.05) is 17.7 Å². The molecule has 1 saturated heterocycles. The molecule has 0 spiro atoms. The predicted octanol–water partition coefficient (Wildman–Crippen LogP) is 5.43. The summed E-state index contributed by atoms with van der Waals surface area (Å²) in [7, 11) is 3.30. The zero-order valence-corrected chi connectivity index (χ0v) is 24.1. The molecule has 0 radical (unpaired) electrons. The Hall–Kier alpha value is -4.22. The molecule has 11 heteroatoms. The Morgan fingerprint density at radius 2 is 1.83 bits per heavy atom. The molecule has 2 aliphatic heterocycles. The van der Waals surface area contributed by atoms with Crippen molar-refractivity contribution in [2.24, 2.45) is 0 Å². The van der Waals surface area contributed by atoms with Crippen molar-refractivity contribution in [3.05, 3.63) is 77.6 Å². The lowest BCUT2D eigenvalue weighted by molar-refractivity contribution is 0.102. The van der Waals surface area contributed by atoms with E-state index >= 15 is 0 Å². The van der Waals surface area contributed by atoms with Crippen molar-refractivity contribution in [2.75, 3.05) is 44.5 Å². The number of methoxy groups -OCH3 is 2. The number of aromatic nitrogens is 4. The highest BCUT2D eigenvalue weighted by Gasteiger charge is 2.26. The van der Waals surface area contributed by atoms with Gasteiger partial charge in [0, 0.05) is 42.7 Å². The molecule has 10 nitrogen and oxygen atoms in total. The van der Waals surface area contributed by atoms with Crippen molar-refractivity contribution >= 4 is 35.7 Å². The van der Waals surface area contributed by atoms with Gasteiger partial charge in [-0.25, -0.2) is 13.7 Å². The topological polar surface area (TPSA) is 98.5 Å². The number of aryl methyl sites for hydroxylation is 1. The van der Waals surface area contributed by atoms with E-state index in [-0.39, 0.29) is 11.8 Å². The third kappa shape index (κ3) is 5.68. The van der Waals surface area contributed by atoms with E-state index in [0.29, 0.717) is 23.7 Å². The number of amides is 1. The number of fused-ring (bicyclic) bond motifs is 1. The lowest BCUT2D eigenvalue weighted by atomic mass is 9.95. The van der Waals surface area contributed by atoms with Gasteiger partial charge in [0.2, 0.25) is 0 Å². The molecule has 2 aromatic carbocycles. The van der Waals surface area contributed by atoms with Crippen LogP contribution >= 0.6 is 11.9 Å². The van der Waals surface area contributed by atoms with Crippen molar-refractivity contribution in [1.82, 2.24) is 23.9 Å². The number of ether oxygens (including phenoxy) is 2. The number of carbonyl (C=O) groups is 1. The normalized spacial score (nSPS) is 15.3. The van der Waals surface area contributed by atoms with Crippen molar-refractivity contribution in [3.63, 3.8) is 0 Å². The first kappa shape index (κ1) is 27.0. The Morgan fingerprint density at radius 1 is 1.05 bits per heavy atom. The Labute approximate surface area is 243 Å². The first-order chi connectivity index (χ1) is 20.0. The van der Waals surface area contributed by atoms with Gasteiger partial charge in [0.1, 0.15) is 17.2 Å². The van der Waals surface area contributed by atoms with Gasteiger partial charge >= 0.3 is 0 Å². The highest BCUT2D eigenvalue weighted by Crippen LogP contribution is 2.37. The summed E-state index contributed by atoms with van der Waals surface area (Å²) >= 11 is 1.73. The lowest BCUT2D eigenvalue weighted by Crippen LogP contribution is -2.27. The summed E-state index contributed by atoms with van der Waals surface area (Å²) in [5.74, 6) is 2.84. The van der Waals surface area contributed by atoms with E-state index in [1.54, 1.807) is 37.0 Å². The molecule has 0 atom stereocenters. The number of rotatable bonds is 8. The number of hydrogen-bond donors (Lipinski definition) is 2. The molecule has 4 aromatic rings. The fourth-order valence-corrected chi connectivity index (χ4v) is 6.13. The number of carbonyl (C=O) groups excluding carboxylic acids is 1. The van der Waals surface area contributed by atoms with Crippen LogP contribution in [0.15, 0.2) is 65.7 Å². The van der Waals surface area contributed by atoms with Crippen molar-refractivity contribution < 1.29 is 14.3 Å². The summed E-state index contributed by atoms with van der Waals surface area (Å²) in [6, 6.07) is 16.2. The van der Waals surface area contributed by atoms with E-state index in [1.807, 2.05) is 47.3 Å². The quantitative estimate of drug-likeness (QED) is 0.270. The van der Waals surface area contributed by atoms with Gasteiger partial charge in [0.25, 0.3) is 5.91 Å². The zero-order valence-electron chi connectivity index (χ0n) is 23.3. The van der Waals surface area contributed by atoms with Crippen LogP contribution < -0.4 is 20.1 Å². The summed E-state index contributed by atoms with van der Waals surface area (Å²) in [5.41, 5.74) is 3.54. The maximum Gasteiger partial charge on any atom is 0.262 e. The van der Waals surface area contributed by atoms with Crippen molar-refractivity contribution in [1.29, 1.82) is 0 Å². The fraction of sp³-hybridized carbons (Fsp3) is 0.300. The van der Waals surface area contributed by atoms with E-state index < -0.39 is 0 Å². The van der Waals surface area contributed by atoms with E-state index in [4.69, 9.17) is 14.6 Å². The van der Waals surface area contributed by atoms with Crippen molar-refractivity contribution in [2.45, 2.75) is 30.6 Å². The van der Waals surface area contributed by atoms with Crippen LogP contribution in [0.1, 0.15) is 40.4 Å². The molecule has 6 rings (SSSR count). The maximum absolute atomic E-state index is 13.4. The average molecular weight is 572 g/mol. The molecule has 0 bridgehead atoms. The number of anilines is 2. The first-order valence-corrected chi connectivity index (χ1v) is 14.4. The van der Waals surface area contributed by atoms with Gasteiger partial charge in [-0.2, -0.15) is 10.2 Å². The molecule has 41 heavy (non-hydrogen) atoms. The summed E-state index contributed by atoms with van der Waals surface area (Å²) < 4.78 is 16.7. The van der Waals surface area contributed by atoms with Crippen LogP contribution in [0.5, 0.6) is 11.5 Å². The number of piperidine rings is 1. The maximum atomic E-state index is 13.4. The second-order valence-electron chi connectivity index (χ2n) is 10.1. The largest absolute Gasteiger partial charge is 0.493 e. The number of nitrogens with one attached hydrogen (secondary N) is 2. The van der Waals surface area contributed by atoms with Gasteiger partial charge in [-0.05, 0) is 68.1 Å². The summed E-state index contributed by atoms with van der Waals surface area (Å²) in [5, 5.41) is 15.6. The minimum absolute atomic E-state index is 0.227. The van der Waals surface area contributed by atoms with Crippen LogP contribution in [0.25, 0.3) is 11.9 Å². The zero-order chi connectivity index (χ0) is 28.3. The summed E-state index contributed by atoms with van der Waals surface area (Å²) in [6.45, 7) is 4.55. The number of nitrogens with zero attached hydrogens (tertiary/aromatic N) is 5. The number of hydrogen-bond acceptors (Lipinski definition) is 8. The molecule has 0 saturated carbocycles. The second kappa shape index (κ2) is 11.7. The molecule has 4 heterocycles. The van der Waals surface area contributed by atoms with Gasteiger partial charge < -0.3 is 20.1 Å². The van der Waals surface area contributed by atoms with Gasteiger partial charge in [-0.3, -0.25) is 4.79 Å². The van der Waals surface area contributed by atoms with Gasteiger partial charge in [0.05, 0.1) is 31.8 Å². The minimum atomic E-state index is -0.227. The highest BCUT2D eigenvalue weighted by molar-refractivity contribution is 7.97. The minimum Gasteiger partial charge on any atom is -0.493 e. The van der Waals surface area contributed by atoms with Crippen LogP contribution in [0.3, 0.4) is 0 Å². The fourth-order valence-electron chi connectivity index (χ4n) is 5.15. The molecule has 0 aliphatic carbocycles. The van der Waals surface area contributed by atoms with Crippen molar-refractivity contribution in [3.8, 4) is 17.2 Å². The average Bonchev–Trinajstić information content (AvgIpc) is 3.63. The lowest BCUT2D eigenvalue weighted by Gasteiger charge is -2.30. The third-order valence-electron chi connectivity index (χ3n) is 7.38. The Morgan fingerprint density at radius 3 is 2.59 bits per heavy atom. The molecule has 2 N–H and O–H groups in total. The summed E-state index contributed by atoms with van der Waals surface area (Å²) in [6.07, 6.45) is 7.33. The van der Waals surface area contributed by atoms with E-state index in [0.717, 1.165) is 59.3 Å². The monoisotopic (exact) mass is 571 g/mol. The molecule has 1 fully saturated rings. The smallest absolute Gasteiger partial charge is 0.262 e. The Balaban J connectivity index is 1.19. The Bertz CT molecular complexity index is 1570. The third-order valence-corrected chi connectivity index (χ3v) is 8.47. The van der Waals surface area contributed by atoms with Gasteiger partial charge in [0.15, 0.2) is 11.5 Å². The molecule has 2 aromatic heterocycles. The second-order valence-corrected chi connectivity index (χ2v) is 11.3. The predicted molar refractivity (Wildman–Crippen MR) is 161 cm³/mol. The van der Waals surface area contributed by atoms with Crippen LogP contribution in [0, 0.1) is 6.92 Å². The Kier molecular flexibility index (Phi) is 7.71. The van der Waals surface area contributed by atoms with Crippen LogP contribution in [0.2, 0.25) is 0 Å². The van der Waals surface area contributed by atoms with Crippen LogP contribution in [-0.4, -0.2) is 63.6 Å². The van der Waals surface area contributed by atoms with E-state index in [1.165, 1.54) is 0 Å². The molecule has 0 unspecified atom stereocenters. The highest BCUT2D eigenvalue weighted by atomic mass is 32.2. The van der Waals surface area contributed by atoms with E-state index in [2.05, 4.69) is 45.2 Å². The molecule has 212 valence electrons. The van der Waals surface area contributed by atoms with Crippen LogP contribution in [0.4, 0.5) is 11.6 Å². The molecular weight excluding hydrogens is 538 g/mol. The molecule has 1 amide bonds. The summed E-state index contributed by atoms with van der Waals surface area (Å²) in [4.78, 5) is 14.5. The standard InChI is InChI=1S/C30H33N7O3S/c1-20-5-7-22(8-6-20)37-28(33-30(38)24-19-32-36-14-4-13-31-29(24)36)18-25(34-37)21-11-15-35(16-12-21)41-23-9-10-26(39-2)27(17-23)40-3/h4-10,14,17-19,21,31H,11-13,15-16H2,1-3H3,(H,33,38). The van der Waals surface area contributed by atoms with Gasteiger partial charge in [-0.15, -0.1) is 0 Å². The van der Waals surface area contributed by atoms with E-state index in [9.17, 15) is 4.79 Å².